The average molecular weight is 504 g/mol. The third kappa shape index (κ3) is 4.30. The quantitative estimate of drug-likeness (QED) is 0.613. The van der Waals surface area contributed by atoms with Crippen LogP contribution >= 0.6 is 15.9 Å². The number of ether oxygens (including phenoxy) is 2. The Bertz CT molecular complexity index is 988. The van der Waals surface area contributed by atoms with Crippen molar-refractivity contribution in [3.05, 3.63) is 45.6 Å². The Balaban J connectivity index is 1.66. The van der Waals surface area contributed by atoms with Gasteiger partial charge in [-0.2, -0.15) is 0 Å². The fourth-order valence-electron chi connectivity index (χ4n) is 4.96. The third-order valence-corrected chi connectivity index (χ3v) is 7.20. The molecule has 32 heavy (non-hydrogen) atoms. The Hall–Kier alpha value is -2.32. The maximum absolute atomic E-state index is 13.6. The van der Waals surface area contributed by atoms with Crippen LogP contribution in [0, 0.1) is 0 Å². The lowest BCUT2D eigenvalue weighted by Crippen LogP contribution is -2.54. The first-order valence-electron chi connectivity index (χ1n) is 11.1. The van der Waals surface area contributed by atoms with Crippen molar-refractivity contribution < 1.29 is 19.1 Å². The molecule has 4 rings (SSSR count). The molecule has 1 aromatic carbocycles. The number of likely N-dealkylation sites (tertiary alicyclic amines) is 1. The zero-order chi connectivity index (χ0) is 22.8. The van der Waals surface area contributed by atoms with E-state index in [9.17, 15) is 9.59 Å². The van der Waals surface area contributed by atoms with Crippen LogP contribution in [0.3, 0.4) is 0 Å². The predicted octanol–water partition coefficient (Wildman–Crippen LogP) is 4.36. The van der Waals surface area contributed by atoms with Crippen LogP contribution in [0.5, 0.6) is 0 Å². The first-order chi connectivity index (χ1) is 15.4. The van der Waals surface area contributed by atoms with E-state index in [2.05, 4.69) is 50.5 Å². The highest BCUT2D eigenvalue weighted by molar-refractivity contribution is 9.10. The van der Waals surface area contributed by atoms with Gasteiger partial charge in [0.2, 0.25) is 5.91 Å². The molecule has 1 aliphatic carbocycles. The van der Waals surface area contributed by atoms with Crippen molar-refractivity contribution in [2.45, 2.75) is 57.2 Å². The molecule has 2 aliphatic rings. The summed E-state index contributed by atoms with van der Waals surface area (Å²) in [6, 6.07) is 7.50. The fraction of sp³-hybridized carbons (Fsp3) is 0.500. The molecule has 7 nitrogen and oxygen atoms in total. The van der Waals surface area contributed by atoms with E-state index in [0.29, 0.717) is 6.54 Å². The molecule has 0 radical (unpaired) electrons. The maximum atomic E-state index is 13.6. The molecular formula is C24H30BrN3O4. The van der Waals surface area contributed by atoms with E-state index in [-0.39, 0.29) is 11.9 Å². The second-order valence-electron chi connectivity index (χ2n) is 8.48. The van der Waals surface area contributed by atoms with E-state index in [1.165, 1.54) is 25.3 Å². The van der Waals surface area contributed by atoms with Gasteiger partial charge in [-0.15, -0.1) is 0 Å². The van der Waals surface area contributed by atoms with E-state index >= 15 is 0 Å². The number of benzene rings is 1. The Morgan fingerprint density at radius 3 is 2.56 bits per heavy atom. The highest BCUT2D eigenvalue weighted by Crippen LogP contribution is 2.42. The van der Waals surface area contributed by atoms with Crippen molar-refractivity contribution in [1.82, 2.24) is 15.2 Å². The Morgan fingerprint density at radius 2 is 1.88 bits per heavy atom. The van der Waals surface area contributed by atoms with Gasteiger partial charge >= 0.3 is 6.09 Å². The summed E-state index contributed by atoms with van der Waals surface area (Å²) in [5.41, 5.74) is 6.18. The lowest BCUT2D eigenvalue weighted by Gasteiger charge is -2.31. The van der Waals surface area contributed by atoms with Gasteiger partial charge in [-0.25, -0.2) is 4.79 Å². The minimum Gasteiger partial charge on any atom is -0.453 e. The van der Waals surface area contributed by atoms with Gasteiger partial charge < -0.3 is 24.7 Å². The first kappa shape index (κ1) is 22.9. The minimum absolute atomic E-state index is 0.0375. The molecule has 1 aliphatic heterocycles. The van der Waals surface area contributed by atoms with Gasteiger partial charge in [0.05, 0.1) is 19.3 Å². The topological polar surface area (TPSA) is 83.7 Å². The van der Waals surface area contributed by atoms with Crippen LogP contribution in [0.4, 0.5) is 4.79 Å². The zero-order valence-corrected chi connectivity index (χ0v) is 20.3. The van der Waals surface area contributed by atoms with Gasteiger partial charge in [0.25, 0.3) is 0 Å². The van der Waals surface area contributed by atoms with Crippen molar-refractivity contribution in [3.8, 4) is 11.3 Å². The smallest absolute Gasteiger partial charge is 0.407 e. The summed E-state index contributed by atoms with van der Waals surface area (Å²) in [5, 5.41) is 2.66. The van der Waals surface area contributed by atoms with Crippen molar-refractivity contribution in [3.63, 3.8) is 0 Å². The third-order valence-electron chi connectivity index (χ3n) is 6.67. The normalized spacial score (nSPS) is 19.5. The number of rotatable bonds is 6. The molecule has 1 saturated heterocycles. The number of aromatic nitrogens is 1. The van der Waals surface area contributed by atoms with Crippen molar-refractivity contribution in [1.29, 1.82) is 0 Å². The van der Waals surface area contributed by atoms with E-state index < -0.39 is 18.2 Å². The molecular weight excluding hydrogens is 474 g/mol. The van der Waals surface area contributed by atoms with Gasteiger partial charge in [-0.05, 0) is 67.9 Å². The molecule has 1 fully saturated rings. The summed E-state index contributed by atoms with van der Waals surface area (Å²) in [6.45, 7) is 2.43. The molecule has 0 spiro atoms. The van der Waals surface area contributed by atoms with E-state index in [4.69, 9.17) is 9.47 Å². The molecule has 2 aromatic rings. The number of alkyl carbamates (subject to hydrolysis) is 1. The lowest BCUT2D eigenvalue weighted by molar-refractivity contribution is -0.137. The summed E-state index contributed by atoms with van der Waals surface area (Å²) in [7, 11) is 2.83. The largest absolute Gasteiger partial charge is 0.453 e. The van der Waals surface area contributed by atoms with Gasteiger partial charge in [-0.1, -0.05) is 28.1 Å². The first-order valence-corrected chi connectivity index (χ1v) is 11.9. The van der Waals surface area contributed by atoms with E-state index in [1.807, 2.05) is 4.90 Å². The van der Waals surface area contributed by atoms with E-state index in [1.54, 1.807) is 6.92 Å². The molecule has 0 saturated carbocycles. The Kier molecular flexibility index (Phi) is 6.90. The number of carbonyl (C=O) groups excluding carboxylic acids is 2. The second kappa shape index (κ2) is 9.67. The molecule has 3 atom stereocenters. The van der Waals surface area contributed by atoms with Crippen molar-refractivity contribution in [2.75, 3.05) is 20.8 Å². The fourth-order valence-corrected chi connectivity index (χ4v) is 5.23. The summed E-state index contributed by atoms with van der Waals surface area (Å²) in [6.07, 6.45) is 3.90. The van der Waals surface area contributed by atoms with Crippen LogP contribution in [0.15, 0.2) is 28.7 Å². The summed E-state index contributed by atoms with van der Waals surface area (Å²) >= 11 is 3.51. The average Bonchev–Trinajstić information content (AvgIpc) is 3.53. The molecule has 0 unspecified atom stereocenters. The summed E-state index contributed by atoms with van der Waals surface area (Å²) < 4.78 is 11.2. The van der Waals surface area contributed by atoms with Crippen molar-refractivity contribution in [2.24, 2.45) is 0 Å². The number of amides is 2. The van der Waals surface area contributed by atoms with Gasteiger partial charge in [0.15, 0.2) is 0 Å². The number of methoxy groups -OCH3 is 2. The number of carbonyl (C=O) groups is 2. The predicted molar refractivity (Wildman–Crippen MR) is 125 cm³/mol. The summed E-state index contributed by atoms with van der Waals surface area (Å²) in [4.78, 5) is 31.0. The molecule has 1 aromatic heterocycles. The number of halogens is 1. The Morgan fingerprint density at radius 1 is 1.16 bits per heavy atom. The number of nitrogens with one attached hydrogen (secondary N) is 2. The number of nitrogens with zero attached hydrogens (tertiary/aromatic N) is 1. The zero-order valence-electron chi connectivity index (χ0n) is 18.7. The number of H-pyrrole nitrogens is 1. The number of fused-ring (bicyclic) bond motifs is 1. The van der Waals surface area contributed by atoms with Crippen LogP contribution in [0.25, 0.3) is 11.3 Å². The molecule has 2 amide bonds. The molecule has 2 N–H and O–H groups in total. The van der Waals surface area contributed by atoms with Crippen molar-refractivity contribution >= 4 is 27.9 Å². The molecule has 0 bridgehead atoms. The van der Waals surface area contributed by atoms with E-state index in [0.717, 1.165) is 53.5 Å². The summed E-state index contributed by atoms with van der Waals surface area (Å²) in [5.74, 6) is -0.140. The lowest BCUT2D eigenvalue weighted by atomic mass is 10.0. The number of hydrogen-bond acceptors (Lipinski definition) is 4. The van der Waals surface area contributed by atoms with Gasteiger partial charge in [0, 0.05) is 29.5 Å². The van der Waals surface area contributed by atoms with Crippen LogP contribution < -0.4 is 5.32 Å². The minimum atomic E-state index is -0.804. The Labute approximate surface area is 197 Å². The second-order valence-corrected chi connectivity index (χ2v) is 9.39. The van der Waals surface area contributed by atoms with Crippen LogP contribution in [-0.2, 0) is 27.1 Å². The number of aromatic amines is 1. The van der Waals surface area contributed by atoms with Crippen LogP contribution in [0.2, 0.25) is 0 Å². The monoisotopic (exact) mass is 503 g/mol. The molecule has 8 heteroatoms. The standard InChI is InChI=1S/C24H30BrN3O4/c1-14(31-2)20(27-24(30)32-3)23(29)28-13-5-8-19(28)22-18-7-4-6-17(18)21(26-22)15-9-11-16(25)12-10-15/h9-12,14,19-20,26H,4-8,13H2,1-3H3,(H,27,30)/t14-,19-,20+/m1/s1. The number of hydrogen-bond donors (Lipinski definition) is 2. The molecule has 172 valence electrons. The van der Waals surface area contributed by atoms with Gasteiger partial charge in [0.1, 0.15) is 6.04 Å². The highest BCUT2D eigenvalue weighted by atomic mass is 79.9. The van der Waals surface area contributed by atoms with Gasteiger partial charge in [-0.3, -0.25) is 4.79 Å². The maximum Gasteiger partial charge on any atom is 0.407 e. The highest BCUT2D eigenvalue weighted by Gasteiger charge is 2.40. The van der Waals surface area contributed by atoms with Crippen LogP contribution in [-0.4, -0.2) is 54.8 Å². The molecule has 2 heterocycles. The van der Waals surface area contributed by atoms with Crippen LogP contribution in [0.1, 0.15) is 49.0 Å². The SMILES string of the molecule is COC(=O)N[C@H](C(=O)N1CCC[C@@H]1c1[nH]c(-c2ccc(Br)cc2)c2c1CCC2)[C@@H](C)OC.